The molecule has 1 unspecified atom stereocenters. The zero-order valence-electron chi connectivity index (χ0n) is 17.6. The Morgan fingerprint density at radius 2 is 1.70 bits per heavy atom. The van der Waals surface area contributed by atoms with E-state index in [1.165, 1.54) is 43.5 Å². The Morgan fingerprint density at radius 3 is 2.30 bits per heavy atom. The fraction of sp³-hybridized carbons (Fsp3) is 0.120. The van der Waals surface area contributed by atoms with E-state index in [1.807, 2.05) is 0 Å². The summed E-state index contributed by atoms with van der Waals surface area (Å²) < 4.78 is 20.1. The van der Waals surface area contributed by atoms with E-state index in [-0.39, 0.29) is 26.9 Å². The molecule has 1 amide bonds. The first-order valence-electron chi connectivity index (χ1n) is 9.89. The first-order valence-corrected chi connectivity index (χ1v) is 10.6. The monoisotopic (exact) mass is 485 g/mol. The number of Topliss-reactive ketones (excluding diaryl/α,β-unsaturated/α-hetero) is 1. The van der Waals surface area contributed by atoms with Gasteiger partial charge in [0.2, 0.25) is 0 Å². The second-order valence-electron chi connectivity index (χ2n) is 7.50. The lowest BCUT2D eigenvalue weighted by molar-refractivity contribution is -0.132. The average molecular weight is 486 g/mol. The maximum absolute atomic E-state index is 14.9. The normalized spacial score (nSPS) is 17.5. The van der Waals surface area contributed by atoms with Gasteiger partial charge in [-0.1, -0.05) is 41.4 Å². The van der Waals surface area contributed by atoms with Gasteiger partial charge in [0.15, 0.2) is 0 Å². The summed E-state index contributed by atoms with van der Waals surface area (Å²) in [6.07, 6.45) is 0. The Hall–Kier alpha value is -3.35. The van der Waals surface area contributed by atoms with Crippen LogP contribution in [0.15, 0.2) is 66.2 Å². The third kappa shape index (κ3) is 4.08. The van der Waals surface area contributed by atoms with Crippen molar-refractivity contribution in [3.05, 3.63) is 98.8 Å². The molecule has 33 heavy (non-hydrogen) atoms. The minimum absolute atomic E-state index is 0.0421. The number of carbonyl (C=O) groups excluding carboxylic acids is 2. The van der Waals surface area contributed by atoms with Crippen molar-refractivity contribution in [2.75, 3.05) is 12.0 Å². The van der Waals surface area contributed by atoms with E-state index >= 15 is 0 Å². The minimum Gasteiger partial charge on any atom is -0.507 e. The number of ketones is 1. The quantitative estimate of drug-likeness (QED) is 0.276. The molecule has 1 aliphatic heterocycles. The number of benzene rings is 3. The molecule has 0 saturated carbocycles. The number of halogens is 3. The van der Waals surface area contributed by atoms with Gasteiger partial charge in [0.25, 0.3) is 11.7 Å². The molecule has 3 aromatic rings. The number of aliphatic hydroxyl groups is 1. The van der Waals surface area contributed by atoms with Crippen LogP contribution in [0.2, 0.25) is 10.0 Å². The summed E-state index contributed by atoms with van der Waals surface area (Å²) in [5, 5.41) is 11.7. The molecule has 3 aromatic carbocycles. The van der Waals surface area contributed by atoms with Gasteiger partial charge in [0, 0.05) is 26.9 Å². The van der Waals surface area contributed by atoms with E-state index < -0.39 is 29.3 Å². The Bertz CT molecular complexity index is 1300. The lowest BCUT2D eigenvalue weighted by atomic mass is 9.93. The van der Waals surface area contributed by atoms with Gasteiger partial charge in [0.1, 0.15) is 17.3 Å². The number of rotatable bonds is 4. The van der Waals surface area contributed by atoms with Crippen LogP contribution in [-0.4, -0.2) is 23.9 Å². The second kappa shape index (κ2) is 8.89. The summed E-state index contributed by atoms with van der Waals surface area (Å²) in [5.74, 6) is -2.39. The molecule has 1 saturated heterocycles. The third-order valence-electron chi connectivity index (χ3n) is 5.46. The van der Waals surface area contributed by atoms with E-state index in [4.69, 9.17) is 27.9 Å². The summed E-state index contributed by atoms with van der Waals surface area (Å²) >= 11 is 12.3. The number of aryl methyl sites for hydroxylation is 1. The van der Waals surface area contributed by atoms with Crippen molar-refractivity contribution in [3.63, 3.8) is 0 Å². The highest BCUT2D eigenvalue weighted by Crippen LogP contribution is 2.44. The molecular weight excluding hydrogens is 468 g/mol. The lowest BCUT2D eigenvalue weighted by Gasteiger charge is -2.26. The number of hydrogen-bond acceptors (Lipinski definition) is 4. The highest BCUT2D eigenvalue weighted by molar-refractivity contribution is 6.52. The third-order valence-corrected chi connectivity index (χ3v) is 5.89. The average Bonchev–Trinajstić information content (AvgIpc) is 3.03. The van der Waals surface area contributed by atoms with Gasteiger partial charge in [-0.05, 0) is 55.0 Å². The van der Waals surface area contributed by atoms with E-state index in [2.05, 4.69) is 0 Å². The maximum Gasteiger partial charge on any atom is 0.300 e. The Balaban J connectivity index is 2.00. The van der Waals surface area contributed by atoms with Crippen LogP contribution in [0.1, 0.15) is 22.7 Å². The number of carbonyl (C=O) groups is 2. The highest BCUT2D eigenvalue weighted by atomic mass is 35.5. The smallest absolute Gasteiger partial charge is 0.300 e. The molecule has 1 N–H and O–H groups in total. The van der Waals surface area contributed by atoms with Crippen LogP contribution < -0.4 is 9.64 Å². The molecule has 0 radical (unpaired) electrons. The first kappa shape index (κ1) is 22.8. The second-order valence-corrected chi connectivity index (χ2v) is 8.37. The van der Waals surface area contributed by atoms with Gasteiger partial charge in [-0.15, -0.1) is 0 Å². The van der Waals surface area contributed by atoms with Gasteiger partial charge in [-0.25, -0.2) is 4.39 Å². The standard InChI is InChI=1S/C25H18Cl2FNO4/c1-13-9-17(33-2)7-8-18(13)23(30)21-22(19-5-3-4-6-20(19)28)29(25(32)24(21)31)16-11-14(26)10-15(27)12-16/h3-12,22,30H,1-2H3/b23-21+. The summed E-state index contributed by atoms with van der Waals surface area (Å²) in [5.41, 5.74) is 0.929. The van der Waals surface area contributed by atoms with Gasteiger partial charge in [-0.3, -0.25) is 14.5 Å². The largest absolute Gasteiger partial charge is 0.507 e. The van der Waals surface area contributed by atoms with Crippen LogP contribution >= 0.6 is 23.2 Å². The van der Waals surface area contributed by atoms with Gasteiger partial charge >= 0.3 is 0 Å². The summed E-state index contributed by atoms with van der Waals surface area (Å²) in [6, 6.07) is 13.8. The maximum atomic E-state index is 14.9. The van der Waals surface area contributed by atoms with Gasteiger partial charge in [0.05, 0.1) is 18.7 Å². The van der Waals surface area contributed by atoms with Crippen molar-refractivity contribution >= 4 is 46.3 Å². The van der Waals surface area contributed by atoms with Crippen molar-refractivity contribution in [1.29, 1.82) is 0 Å². The van der Waals surface area contributed by atoms with Crippen molar-refractivity contribution in [2.45, 2.75) is 13.0 Å². The Kier molecular flexibility index (Phi) is 6.15. The number of methoxy groups -OCH3 is 1. The molecule has 5 nitrogen and oxygen atoms in total. The van der Waals surface area contributed by atoms with Crippen molar-refractivity contribution in [3.8, 4) is 5.75 Å². The number of amides is 1. The molecular formula is C25H18Cl2FNO4. The highest BCUT2D eigenvalue weighted by Gasteiger charge is 2.48. The zero-order valence-corrected chi connectivity index (χ0v) is 19.1. The number of ether oxygens (including phenoxy) is 1. The van der Waals surface area contributed by atoms with Crippen molar-refractivity contribution in [1.82, 2.24) is 0 Å². The number of aliphatic hydroxyl groups excluding tert-OH is 1. The van der Waals surface area contributed by atoms with E-state index in [1.54, 1.807) is 31.2 Å². The van der Waals surface area contributed by atoms with Crippen molar-refractivity contribution in [2.24, 2.45) is 0 Å². The topological polar surface area (TPSA) is 66.8 Å². The summed E-state index contributed by atoms with van der Waals surface area (Å²) in [7, 11) is 1.51. The van der Waals surface area contributed by atoms with Crippen LogP contribution in [0.25, 0.3) is 5.76 Å². The number of anilines is 1. The molecule has 168 valence electrons. The predicted octanol–water partition coefficient (Wildman–Crippen LogP) is 6.08. The molecule has 0 bridgehead atoms. The molecule has 0 aliphatic carbocycles. The fourth-order valence-corrected chi connectivity index (χ4v) is 4.46. The molecule has 1 heterocycles. The van der Waals surface area contributed by atoms with Crippen molar-refractivity contribution < 1.29 is 23.8 Å². The van der Waals surface area contributed by atoms with Crippen LogP contribution in [-0.2, 0) is 9.59 Å². The van der Waals surface area contributed by atoms with Crippen LogP contribution in [0, 0.1) is 12.7 Å². The molecule has 4 rings (SSSR count). The predicted molar refractivity (Wildman–Crippen MR) is 125 cm³/mol. The lowest BCUT2D eigenvalue weighted by Crippen LogP contribution is -2.29. The molecule has 0 spiro atoms. The van der Waals surface area contributed by atoms with E-state index in [0.717, 1.165) is 4.90 Å². The molecule has 1 aliphatic rings. The molecule has 0 aromatic heterocycles. The van der Waals surface area contributed by atoms with E-state index in [0.29, 0.717) is 16.9 Å². The summed E-state index contributed by atoms with van der Waals surface area (Å²) in [6.45, 7) is 1.72. The molecule has 1 fully saturated rings. The Morgan fingerprint density at radius 1 is 1.03 bits per heavy atom. The van der Waals surface area contributed by atoms with Crippen LogP contribution in [0.5, 0.6) is 5.75 Å². The fourth-order valence-electron chi connectivity index (χ4n) is 3.94. The van der Waals surface area contributed by atoms with Crippen LogP contribution in [0.3, 0.4) is 0 Å². The Labute approximate surface area is 199 Å². The molecule has 8 heteroatoms. The number of hydrogen-bond donors (Lipinski definition) is 1. The molecule has 1 atom stereocenters. The minimum atomic E-state index is -1.23. The summed E-state index contributed by atoms with van der Waals surface area (Å²) in [4.78, 5) is 27.4. The number of nitrogens with zero attached hydrogens (tertiary/aromatic N) is 1. The van der Waals surface area contributed by atoms with Crippen LogP contribution in [0.4, 0.5) is 10.1 Å². The first-order chi connectivity index (χ1) is 15.7. The van der Waals surface area contributed by atoms with Gasteiger partial charge in [-0.2, -0.15) is 0 Å². The van der Waals surface area contributed by atoms with E-state index in [9.17, 15) is 19.1 Å². The SMILES string of the molecule is COc1ccc(/C(O)=C2\C(=O)C(=O)N(c3cc(Cl)cc(Cl)c3)C2c2ccccc2F)c(C)c1. The zero-order chi connectivity index (χ0) is 23.9. The van der Waals surface area contributed by atoms with Gasteiger partial charge < -0.3 is 9.84 Å².